The smallest absolute Gasteiger partial charge is 0.253 e. The third-order valence-corrected chi connectivity index (χ3v) is 4.17. The van der Waals surface area contributed by atoms with E-state index in [0.717, 1.165) is 31.6 Å². The number of nitrogens with one attached hydrogen (secondary N) is 1. The molecule has 0 aliphatic carbocycles. The van der Waals surface area contributed by atoms with Crippen LogP contribution in [-0.2, 0) is 11.3 Å². The van der Waals surface area contributed by atoms with E-state index in [1.54, 1.807) is 24.3 Å². The molecule has 2 aromatic rings. The van der Waals surface area contributed by atoms with Crippen LogP contribution in [-0.4, -0.2) is 30.7 Å². The highest BCUT2D eigenvalue weighted by atomic mass is 19.1. The van der Waals surface area contributed by atoms with Crippen LogP contribution in [0.1, 0.15) is 28.8 Å². The van der Waals surface area contributed by atoms with Crippen LogP contribution in [0.15, 0.2) is 42.6 Å². The molecule has 3 rings (SSSR count). The van der Waals surface area contributed by atoms with Gasteiger partial charge in [0.05, 0.1) is 12.2 Å². The van der Waals surface area contributed by atoms with Gasteiger partial charge < -0.3 is 14.8 Å². The van der Waals surface area contributed by atoms with E-state index in [2.05, 4.69) is 10.3 Å². The van der Waals surface area contributed by atoms with Gasteiger partial charge in [0.2, 0.25) is 5.88 Å². The van der Waals surface area contributed by atoms with Gasteiger partial charge in [-0.05, 0) is 42.5 Å². The van der Waals surface area contributed by atoms with Crippen molar-refractivity contribution in [3.8, 4) is 5.88 Å². The van der Waals surface area contributed by atoms with Crippen LogP contribution >= 0.6 is 0 Å². The summed E-state index contributed by atoms with van der Waals surface area (Å²) in [7, 11) is 0. The molecule has 0 radical (unpaired) electrons. The van der Waals surface area contributed by atoms with Gasteiger partial charge in [0, 0.05) is 32.0 Å². The Morgan fingerprint density at radius 3 is 2.64 bits per heavy atom. The number of nitrogens with zero attached hydrogens (tertiary/aromatic N) is 1. The zero-order valence-electron chi connectivity index (χ0n) is 13.9. The highest BCUT2D eigenvalue weighted by Crippen LogP contribution is 2.16. The lowest BCUT2D eigenvalue weighted by Crippen LogP contribution is -2.23. The number of hydrogen-bond acceptors (Lipinski definition) is 4. The van der Waals surface area contributed by atoms with E-state index >= 15 is 0 Å². The van der Waals surface area contributed by atoms with Crippen LogP contribution in [0.2, 0.25) is 0 Å². The van der Waals surface area contributed by atoms with E-state index in [1.807, 2.05) is 0 Å². The second-order valence-electron chi connectivity index (χ2n) is 6.06. The van der Waals surface area contributed by atoms with Crippen molar-refractivity contribution < 1.29 is 18.7 Å². The van der Waals surface area contributed by atoms with Gasteiger partial charge in [0.25, 0.3) is 5.91 Å². The molecular formula is C19H21FN2O3. The first-order chi connectivity index (χ1) is 12.2. The average molecular weight is 344 g/mol. The number of pyridine rings is 1. The highest BCUT2D eigenvalue weighted by Gasteiger charge is 2.15. The standard InChI is InChI=1S/C19H21FN2O3/c20-17-4-1-14(2-5-17)11-22-19(23)16-3-6-18(21-12-16)25-13-15-7-9-24-10-8-15/h1-6,12,15H,7-11,13H2,(H,22,23). The zero-order valence-corrected chi connectivity index (χ0v) is 13.9. The molecule has 1 saturated heterocycles. The van der Waals surface area contributed by atoms with E-state index in [9.17, 15) is 9.18 Å². The predicted octanol–water partition coefficient (Wildman–Crippen LogP) is 2.96. The van der Waals surface area contributed by atoms with Crippen LogP contribution in [0, 0.1) is 11.7 Å². The predicted molar refractivity (Wildman–Crippen MR) is 90.8 cm³/mol. The Labute approximate surface area is 146 Å². The third-order valence-electron chi connectivity index (χ3n) is 4.17. The number of rotatable bonds is 6. The van der Waals surface area contributed by atoms with Gasteiger partial charge in [0.15, 0.2) is 0 Å². The first-order valence-electron chi connectivity index (χ1n) is 8.40. The van der Waals surface area contributed by atoms with Gasteiger partial charge in [0.1, 0.15) is 5.82 Å². The molecule has 6 heteroatoms. The number of hydrogen-bond donors (Lipinski definition) is 1. The van der Waals surface area contributed by atoms with Gasteiger partial charge in [-0.15, -0.1) is 0 Å². The molecule has 25 heavy (non-hydrogen) atoms. The minimum Gasteiger partial charge on any atom is -0.477 e. The summed E-state index contributed by atoms with van der Waals surface area (Å²) in [6.45, 7) is 2.52. The molecule has 0 unspecified atom stereocenters. The lowest BCUT2D eigenvalue weighted by molar-refractivity contribution is 0.0490. The summed E-state index contributed by atoms with van der Waals surface area (Å²) in [5.74, 6) is 0.485. The molecule has 0 spiro atoms. The van der Waals surface area contributed by atoms with E-state index < -0.39 is 0 Å². The molecule has 1 amide bonds. The van der Waals surface area contributed by atoms with Crippen molar-refractivity contribution in [2.45, 2.75) is 19.4 Å². The number of aromatic nitrogens is 1. The van der Waals surface area contributed by atoms with Crippen molar-refractivity contribution in [2.24, 2.45) is 5.92 Å². The summed E-state index contributed by atoms with van der Waals surface area (Å²) < 4.78 is 23.9. The molecule has 5 nitrogen and oxygen atoms in total. The number of carbonyl (C=O) groups excluding carboxylic acids is 1. The summed E-state index contributed by atoms with van der Waals surface area (Å²) in [5, 5.41) is 2.78. The number of ether oxygens (including phenoxy) is 2. The second-order valence-corrected chi connectivity index (χ2v) is 6.06. The van der Waals surface area contributed by atoms with E-state index in [-0.39, 0.29) is 11.7 Å². The Bertz CT molecular complexity index is 683. The summed E-state index contributed by atoms with van der Waals surface area (Å²) >= 11 is 0. The van der Waals surface area contributed by atoms with Crippen molar-refractivity contribution in [1.82, 2.24) is 10.3 Å². The number of halogens is 1. The lowest BCUT2D eigenvalue weighted by atomic mass is 10.0. The molecular weight excluding hydrogens is 323 g/mol. The molecule has 1 aromatic heterocycles. The third kappa shape index (κ3) is 5.26. The Morgan fingerprint density at radius 2 is 1.96 bits per heavy atom. The van der Waals surface area contributed by atoms with Crippen LogP contribution in [0.3, 0.4) is 0 Å². The number of benzene rings is 1. The summed E-state index contributed by atoms with van der Waals surface area (Å²) in [6, 6.07) is 9.40. The maximum Gasteiger partial charge on any atom is 0.253 e. The lowest BCUT2D eigenvalue weighted by Gasteiger charge is -2.21. The van der Waals surface area contributed by atoms with Crippen LogP contribution < -0.4 is 10.1 Å². The minimum absolute atomic E-state index is 0.229. The van der Waals surface area contributed by atoms with Crippen molar-refractivity contribution in [2.75, 3.05) is 19.8 Å². The molecule has 1 aliphatic heterocycles. The fourth-order valence-corrected chi connectivity index (χ4v) is 2.60. The van der Waals surface area contributed by atoms with Crippen LogP contribution in [0.5, 0.6) is 5.88 Å². The number of amides is 1. The molecule has 0 saturated carbocycles. The molecule has 1 aromatic carbocycles. The summed E-state index contributed by atoms with van der Waals surface area (Å²) in [4.78, 5) is 16.3. The molecule has 2 heterocycles. The molecule has 1 aliphatic rings. The monoisotopic (exact) mass is 344 g/mol. The zero-order chi connectivity index (χ0) is 17.5. The van der Waals surface area contributed by atoms with Gasteiger partial charge in [-0.3, -0.25) is 4.79 Å². The Balaban J connectivity index is 1.47. The molecule has 0 atom stereocenters. The SMILES string of the molecule is O=C(NCc1ccc(F)cc1)c1ccc(OCC2CCOCC2)nc1. The Morgan fingerprint density at radius 1 is 1.20 bits per heavy atom. The molecule has 0 bridgehead atoms. The average Bonchev–Trinajstić information content (AvgIpc) is 2.67. The fourth-order valence-electron chi connectivity index (χ4n) is 2.60. The van der Waals surface area contributed by atoms with Crippen LogP contribution in [0.25, 0.3) is 0 Å². The van der Waals surface area contributed by atoms with E-state index in [0.29, 0.717) is 30.5 Å². The van der Waals surface area contributed by atoms with Crippen molar-refractivity contribution >= 4 is 5.91 Å². The van der Waals surface area contributed by atoms with Gasteiger partial charge in [-0.2, -0.15) is 0 Å². The Hall–Kier alpha value is -2.47. The van der Waals surface area contributed by atoms with Crippen molar-refractivity contribution in [1.29, 1.82) is 0 Å². The van der Waals surface area contributed by atoms with E-state index in [1.165, 1.54) is 18.3 Å². The summed E-state index contributed by atoms with van der Waals surface area (Å²) in [5.41, 5.74) is 1.29. The maximum atomic E-state index is 12.9. The molecule has 132 valence electrons. The first-order valence-corrected chi connectivity index (χ1v) is 8.40. The number of carbonyl (C=O) groups is 1. The van der Waals surface area contributed by atoms with Crippen molar-refractivity contribution in [3.63, 3.8) is 0 Å². The Kier molecular flexibility index (Phi) is 5.95. The first kappa shape index (κ1) is 17.4. The van der Waals surface area contributed by atoms with Gasteiger partial charge >= 0.3 is 0 Å². The van der Waals surface area contributed by atoms with E-state index in [4.69, 9.17) is 9.47 Å². The topological polar surface area (TPSA) is 60.5 Å². The minimum atomic E-state index is -0.296. The molecule has 1 fully saturated rings. The second kappa shape index (κ2) is 8.58. The highest BCUT2D eigenvalue weighted by molar-refractivity contribution is 5.93. The fraction of sp³-hybridized carbons (Fsp3) is 0.368. The van der Waals surface area contributed by atoms with Gasteiger partial charge in [-0.1, -0.05) is 12.1 Å². The van der Waals surface area contributed by atoms with Crippen molar-refractivity contribution in [3.05, 3.63) is 59.5 Å². The quantitative estimate of drug-likeness (QED) is 0.875. The molecule has 1 N–H and O–H groups in total. The summed E-state index contributed by atoms with van der Waals surface area (Å²) in [6.07, 6.45) is 3.51. The van der Waals surface area contributed by atoms with Gasteiger partial charge in [-0.25, -0.2) is 9.37 Å². The normalized spacial score (nSPS) is 14.9. The largest absolute Gasteiger partial charge is 0.477 e. The maximum absolute atomic E-state index is 12.9. The van der Waals surface area contributed by atoms with Crippen LogP contribution in [0.4, 0.5) is 4.39 Å².